The van der Waals surface area contributed by atoms with Crippen molar-refractivity contribution in [1.29, 1.82) is 0 Å². The minimum absolute atomic E-state index is 0.0770. The summed E-state index contributed by atoms with van der Waals surface area (Å²) in [7, 11) is -4.03. The highest BCUT2D eigenvalue weighted by molar-refractivity contribution is 7.92. The number of nitrogens with one attached hydrogen (secondary N) is 1. The van der Waals surface area contributed by atoms with Crippen LogP contribution >= 0.6 is 11.6 Å². The van der Waals surface area contributed by atoms with Gasteiger partial charge in [-0.2, -0.15) is 0 Å². The van der Waals surface area contributed by atoms with Crippen LogP contribution in [0, 0.1) is 6.92 Å². The molecule has 8 heteroatoms. The maximum atomic E-state index is 13.5. The molecule has 1 aromatic heterocycles. The number of sulfonamides is 1. The number of amides is 1. The molecule has 0 bridgehead atoms. The smallest absolute Gasteiger partial charge is 0.264 e. The van der Waals surface area contributed by atoms with E-state index in [2.05, 4.69) is 5.32 Å². The van der Waals surface area contributed by atoms with E-state index in [0.717, 1.165) is 26.2 Å². The van der Waals surface area contributed by atoms with Crippen molar-refractivity contribution in [2.24, 2.45) is 0 Å². The van der Waals surface area contributed by atoms with E-state index in [0.29, 0.717) is 22.0 Å². The topological polar surface area (TPSA) is 79.6 Å². The fourth-order valence-corrected chi connectivity index (χ4v) is 5.51. The predicted octanol–water partition coefficient (Wildman–Crippen LogP) is 6.38. The van der Waals surface area contributed by atoms with Crippen LogP contribution in [0.1, 0.15) is 5.56 Å². The van der Waals surface area contributed by atoms with Gasteiger partial charge in [0, 0.05) is 27.5 Å². The van der Waals surface area contributed by atoms with E-state index in [1.807, 2.05) is 37.3 Å². The number of carbonyl (C=O) groups is 1. The van der Waals surface area contributed by atoms with Crippen molar-refractivity contribution in [2.45, 2.75) is 11.8 Å². The SMILES string of the molecule is Cc1ccc(N(CC(=O)Nc2ccc3c(c2)oc2ccccc23)S(=O)(=O)c2ccccc2)cc1Cl. The van der Waals surface area contributed by atoms with Crippen molar-refractivity contribution in [3.8, 4) is 0 Å². The molecule has 0 aliphatic rings. The molecule has 1 amide bonds. The highest BCUT2D eigenvalue weighted by Crippen LogP contribution is 2.31. The summed E-state index contributed by atoms with van der Waals surface area (Å²) < 4.78 is 33.9. The zero-order valence-corrected chi connectivity index (χ0v) is 20.3. The first-order valence-corrected chi connectivity index (χ1v) is 12.7. The normalized spacial score (nSPS) is 11.6. The molecule has 0 radical (unpaired) electrons. The summed E-state index contributed by atoms with van der Waals surface area (Å²) in [6.07, 6.45) is 0. The Morgan fingerprint density at radius 2 is 1.60 bits per heavy atom. The second kappa shape index (κ2) is 9.09. The zero-order valence-electron chi connectivity index (χ0n) is 18.7. The maximum absolute atomic E-state index is 13.5. The lowest BCUT2D eigenvalue weighted by Crippen LogP contribution is -2.38. The van der Waals surface area contributed by atoms with Gasteiger partial charge in [-0.3, -0.25) is 9.10 Å². The molecule has 0 spiro atoms. The Hall–Kier alpha value is -3.81. The molecule has 176 valence electrons. The predicted molar refractivity (Wildman–Crippen MR) is 140 cm³/mol. The van der Waals surface area contributed by atoms with Gasteiger partial charge < -0.3 is 9.73 Å². The van der Waals surface area contributed by atoms with Crippen molar-refractivity contribution in [3.63, 3.8) is 0 Å². The molecular formula is C27H21ClN2O4S. The van der Waals surface area contributed by atoms with Crippen molar-refractivity contribution in [3.05, 3.63) is 102 Å². The van der Waals surface area contributed by atoms with Gasteiger partial charge in [0.25, 0.3) is 10.0 Å². The van der Waals surface area contributed by atoms with E-state index < -0.39 is 22.5 Å². The number of nitrogens with zero attached hydrogens (tertiary/aromatic N) is 1. The number of para-hydroxylation sites is 1. The number of fused-ring (bicyclic) bond motifs is 3. The maximum Gasteiger partial charge on any atom is 0.264 e. The van der Waals surface area contributed by atoms with Gasteiger partial charge >= 0.3 is 0 Å². The van der Waals surface area contributed by atoms with Gasteiger partial charge in [0.1, 0.15) is 17.7 Å². The molecule has 0 aliphatic carbocycles. The summed E-state index contributed by atoms with van der Waals surface area (Å²) in [5, 5.41) is 5.11. The minimum atomic E-state index is -4.03. The van der Waals surface area contributed by atoms with Crippen LogP contribution in [0.5, 0.6) is 0 Å². The molecule has 4 aromatic carbocycles. The van der Waals surface area contributed by atoms with Gasteiger partial charge in [-0.1, -0.05) is 54.1 Å². The van der Waals surface area contributed by atoms with Gasteiger partial charge in [0.05, 0.1) is 10.6 Å². The van der Waals surface area contributed by atoms with Crippen molar-refractivity contribution in [1.82, 2.24) is 0 Å². The standard InChI is InChI=1S/C27H21ClN2O4S/c1-18-11-13-20(16-24(18)28)30(35(32,33)21-7-3-2-4-8-21)17-27(31)29-19-12-14-23-22-9-5-6-10-25(22)34-26(23)15-19/h2-16H,17H2,1H3,(H,29,31). The van der Waals surface area contributed by atoms with Crippen LogP contribution in [0.2, 0.25) is 5.02 Å². The second-order valence-corrected chi connectivity index (χ2v) is 10.4. The summed E-state index contributed by atoms with van der Waals surface area (Å²) >= 11 is 6.28. The molecule has 0 unspecified atom stereocenters. The summed E-state index contributed by atoms with van der Waals surface area (Å²) in [5.41, 5.74) is 2.98. The average molecular weight is 505 g/mol. The Labute approximate surface area is 207 Å². The third-order valence-electron chi connectivity index (χ3n) is 5.72. The number of furan rings is 1. The molecule has 0 atom stereocenters. The first kappa shape index (κ1) is 23.0. The van der Waals surface area contributed by atoms with Crippen molar-refractivity contribution in [2.75, 3.05) is 16.2 Å². The monoisotopic (exact) mass is 504 g/mol. The van der Waals surface area contributed by atoms with E-state index in [1.165, 1.54) is 12.1 Å². The van der Waals surface area contributed by atoms with E-state index in [-0.39, 0.29) is 4.90 Å². The molecule has 1 N–H and O–H groups in total. The lowest BCUT2D eigenvalue weighted by atomic mass is 10.1. The number of hydrogen-bond acceptors (Lipinski definition) is 4. The summed E-state index contributed by atoms with van der Waals surface area (Å²) in [6, 6.07) is 25.9. The van der Waals surface area contributed by atoms with Gasteiger partial charge in [0.15, 0.2) is 0 Å². The molecular weight excluding hydrogens is 484 g/mol. The number of hydrogen-bond donors (Lipinski definition) is 1. The van der Waals surface area contributed by atoms with Crippen LogP contribution in [0.3, 0.4) is 0 Å². The molecule has 0 saturated carbocycles. The first-order chi connectivity index (χ1) is 16.8. The third-order valence-corrected chi connectivity index (χ3v) is 7.92. The van der Waals surface area contributed by atoms with E-state index in [1.54, 1.807) is 48.5 Å². The molecule has 1 heterocycles. The highest BCUT2D eigenvalue weighted by Gasteiger charge is 2.27. The molecule has 5 aromatic rings. The van der Waals surface area contributed by atoms with Gasteiger partial charge in [-0.05, 0) is 55.0 Å². The number of carbonyl (C=O) groups excluding carboxylic acids is 1. The Morgan fingerprint density at radius 3 is 2.37 bits per heavy atom. The van der Waals surface area contributed by atoms with Crippen LogP contribution < -0.4 is 9.62 Å². The number of rotatable bonds is 6. The molecule has 6 nitrogen and oxygen atoms in total. The summed E-state index contributed by atoms with van der Waals surface area (Å²) in [4.78, 5) is 13.1. The lowest BCUT2D eigenvalue weighted by Gasteiger charge is -2.24. The number of halogens is 1. The van der Waals surface area contributed by atoms with Crippen LogP contribution in [0.15, 0.2) is 100 Å². The summed E-state index contributed by atoms with van der Waals surface area (Å²) in [6.45, 7) is 1.39. The van der Waals surface area contributed by atoms with Crippen molar-refractivity contribution >= 4 is 60.8 Å². The summed E-state index contributed by atoms with van der Waals surface area (Å²) in [5.74, 6) is -0.503. The Morgan fingerprint density at radius 1 is 0.886 bits per heavy atom. The zero-order chi connectivity index (χ0) is 24.6. The number of aryl methyl sites for hydroxylation is 1. The van der Waals surface area contributed by atoms with Crippen LogP contribution in [-0.4, -0.2) is 20.9 Å². The minimum Gasteiger partial charge on any atom is -0.456 e. The van der Waals surface area contributed by atoms with Crippen LogP contribution in [0.25, 0.3) is 21.9 Å². The number of anilines is 2. The second-order valence-electron chi connectivity index (χ2n) is 8.12. The fourth-order valence-electron chi connectivity index (χ4n) is 3.91. The van der Waals surface area contributed by atoms with Crippen LogP contribution in [0.4, 0.5) is 11.4 Å². The number of benzene rings is 4. The Bertz CT molecular complexity index is 1660. The largest absolute Gasteiger partial charge is 0.456 e. The van der Waals surface area contributed by atoms with Gasteiger partial charge in [-0.25, -0.2) is 8.42 Å². The van der Waals surface area contributed by atoms with Gasteiger partial charge in [0.2, 0.25) is 5.91 Å². The molecule has 0 fully saturated rings. The quantitative estimate of drug-likeness (QED) is 0.291. The molecule has 35 heavy (non-hydrogen) atoms. The van der Waals surface area contributed by atoms with E-state index >= 15 is 0 Å². The molecule has 5 rings (SSSR count). The van der Waals surface area contributed by atoms with Crippen LogP contribution in [-0.2, 0) is 14.8 Å². The van der Waals surface area contributed by atoms with Gasteiger partial charge in [-0.15, -0.1) is 0 Å². The molecule has 0 aliphatic heterocycles. The first-order valence-electron chi connectivity index (χ1n) is 10.9. The van der Waals surface area contributed by atoms with Crippen molar-refractivity contribution < 1.29 is 17.6 Å². The Kier molecular flexibility index (Phi) is 5.96. The Balaban J connectivity index is 1.46. The van der Waals surface area contributed by atoms with E-state index in [4.69, 9.17) is 16.0 Å². The third kappa shape index (κ3) is 4.48. The van der Waals surface area contributed by atoms with E-state index in [9.17, 15) is 13.2 Å². The average Bonchev–Trinajstić information content (AvgIpc) is 3.22. The molecule has 0 saturated heterocycles. The highest BCUT2D eigenvalue weighted by atomic mass is 35.5. The lowest BCUT2D eigenvalue weighted by molar-refractivity contribution is -0.114. The fraction of sp³-hybridized carbons (Fsp3) is 0.0741.